The highest BCUT2D eigenvalue weighted by Gasteiger charge is 2.34. The third-order valence-electron chi connectivity index (χ3n) is 6.83. The lowest BCUT2D eigenvalue weighted by atomic mass is 9.98. The number of ether oxygens (including phenoxy) is 4. The highest BCUT2D eigenvalue weighted by atomic mass is 16.6. The van der Waals surface area contributed by atoms with E-state index in [1.54, 1.807) is 44.3 Å². The van der Waals surface area contributed by atoms with Gasteiger partial charge in [0.25, 0.3) is 5.91 Å². The zero-order valence-electron chi connectivity index (χ0n) is 20.7. The molecule has 1 aromatic rings. The average molecular weight is 474 g/mol. The number of carbonyl (C=O) groups is 2. The van der Waals surface area contributed by atoms with Gasteiger partial charge in [0.05, 0.1) is 35.4 Å². The van der Waals surface area contributed by atoms with Gasteiger partial charge in [-0.05, 0) is 31.4 Å². The molecule has 186 valence electrons. The maximum atomic E-state index is 13.4. The van der Waals surface area contributed by atoms with E-state index in [0.29, 0.717) is 13.0 Å². The molecule has 2 heterocycles. The molecule has 2 aliphatic heterocycles. The predicted octanol–water partition coefficient (Wildman–Crippen LogP) is 2.08. The van der Waals surface area contributed by atoms with Crippen molar-refractivity contribution < 1.29 is 28.5 Å². The van der Waals surface area contributed by atoms with Gasteiger partial charge in [0, 0.05) is 41.4 Å². The summed E-state index contributed by atoms with van der Waals surface area (Å²) >= 11 is 0. The number of amides is 2. The second-order valence-corrected chi connectivity index (χ2v) is 9.05. The van der Waals surface area contributed by atoms with E-state index in [0.717, 1.165) is 12.8 Å². The molecule has 2 amide bonds. The molecule has 3 rings (SSSR count). The van der Waals surface area contributed by atoms with Gasteiger partial charge in [-0.2, -0.15) is 5.26 Å². The van der Waals surface area contributed by atoms with Crippen LogP contribution in [0.3, 0.4) is 0 Å². The van der Waals surface area contributed by atoms with Crippen LogP contribution in [0, 0.1) is 17.2 Å². The van der Waals surface area contributed by atoms with Gasteiger partial charge in [-0.25, -0.2) is 0 Å². The van der Waals surface area contributed by atoms with Crippen molar-refractivity contribution in [2.24, 2.45) is 5.92 Å². The monoisotopic (exact) mass is 473 g/mol. The molecule has 5 atom stereocenters. The number of hydrogen-bond donors (Lipinski definition) is 0. The number of hydrogen-bond acceptors (Lipinski definition) is 7. The van der Waals surface area contributed by atoms with E-state index >= 15 is 0 Å². The molecule has 1 fully saturated rings. The molecule has 0 saturated carbocycles. The maximum absolute atomic E-state index is 13.4. The van der Waals surface area contributed by atoms with Gasteiger partial charge in [0.15, 0.2) is 0 Å². The molecule has 0 radical (unpaired) electrons. The Bertz CT molecular complexity index is 916. The second-order valence-electron chi connectivity index (χ2n) is 9.05. The summed E-state index contributed by atoms with van der Waals surface area (Å²) in [6.45, 7) is 2.72. The lowest BCUT2D eigenvalue weighted by Crippen LogP contribution is -2.47. The van der Waals surface area contributed by atoms with Crippen LogP contribution in [0.1, 0.15) is 42.1 Å². The number of methoxy groups -OCH3 is 2. The molecular weight excluding hydrogens is 438 g/mol. The molecule has 0 N–H and O–H groups in total. The number of nitriles is 1. The van der Waals surface area contributed by atoms with Crippen LogP contribution in [0.25, 0.3) is 0 Å². The van der Waals surface area contributed by atoms with Gasteiger partial charge in [-0.1, -0.05) is 13.0 Å². The first-order chi connectivity index (χ1) is 16.3. The number of likely N-dealkylation sites (N-methyl/N-ethyl adjacent to an activating group) is 1. The molecule has 0 unspecified atom stereocenters. The van der Waals surface area contributed by atoms with Crippen LogP contribution in [0.2, 0.25) is 0 Å². The summed E-state index contributed by atoms with van der Waals surface area (Å²) in [6, 6.07) is 7.04. The summed E-state index contributed by atoms with van der Waals surface area (Å²) in [5, 5.41) is 9.66. The molecule has 0 aromatic heterocycles. The summed E-state index contributed by atoms with van der Waals surface area (Å²) in [7, 11) is 6.61. The van der Waals surface area contributed by atoms with Crippen LogP contribution in [-0.4, -0.2) is 94.0 Å². The molecular formula is C25H35N3O6. The van der Waals surface area contributed by atoms with Gasteiger partial charge in [-0.15, -0.1) is 0 Å². The fourth-order valence-electron chi connectivity index (χ4n) is 4.63. The predicted molar refractivity (Wildman–Crippen MR) is 125 cm³/mol. The molecule has 9 nitrogen and oxygen atoms in total. The number of benzene rings is 1. The van der Waals surface area contributed by atoms with Crippen LogP contribution in [0.5, 0.6) is 5.75 Å². The molecule has 1 saturated heterocycles. The van der Waals surface area contributed by atoms with Crippen molar-refractivity contribution in [3.05, 3.63) is 29.3 Å². The Kier molecular flexibility index (Phi) is 8.89. The van der Waals surface area contributed by atoms with Gasteiger partial charge >= 0.3 is 0 Å². The van der Waals surface area contributed by atoms with E-state index in [1.807, 2.05) is 6.92 Å². The second kappa shape index (κ2) is 11.6. The Labute approximate surface area is 201 Å². The maximum Gasteiger partial charge on any atom is 0.257 e. The van der Waals surface area contributed by atoms with Crippen molar-refractivity contribution in [2.45, 2.75) is 50.6 Å². The van der Waals surface area contributed by atoms with E-state index < -0.39 is 12.0 Å². The van der Waals surface area contributed by atoms with Crippen LogP contribution in [0.4, 0.5) is 0 Å². The molecule has 1 aromatic carbocycles. The average Bonchev–Trinajstić information content (AvgIpc) is 2.86. The summed E-state index contributed by atoms with van der Waals surface area (Å²) in [5.74, 6) is -0.582. The van der Waals surface area contributed by atoms with Gasteiger partial charge in [0.1, 0.15) is 24.5 Å². The summed E-state index contributed by atoms with van der Waals surface area (Å²) in [4.78, 5) is 29.7. The largest absolute Gasteiger partial charge is 0.489 e. The Morgan fingerprint density at radius 2 is 1.79 bits per heavy atom. The number of nitrogens with zero attached hydrogens (tertiary/aromatic N) is 3. The van der Waals surface area contributed by atoms with Gasteiger partial charge in [-0.3, -0.25) is 9.59 Å². The van der Waals surface area contributed by atoms with Gasteiger partial charge in [0.2, 0.25) is 5.91 Å². The first-order valence-electron chi connectivity index (χ1n) is 11.7. The summed E-state index contributed by atoms with van der Waals surface area (Å²) in [5.41, 5.74) is 0.552. The molecule has 0 spiro atoms. The zero-order chi connectivity index (χ0) is 24.8. The van der Waals surface area contributed by atoms with Crippen LogP contribution < -0.4 is 4.74 Å². The van der Waals surface area contributed by atoms with E-state index in [9.17, 15) is 14.9 Å². The summed E-state index contributed by atoms with van der Waals surface area (Å²) in [6.07, 6.45) is 1.25. The Morgan fingerprint density at radius 3 is 2.47 bits per heavy atom. The van der Waals surface area contributed by atoms with Crippen molar-refractivity contribution in [3.63, 3.8) is 0 Å². The van der Waals surface area contributed by atoms with Gasteiger partial charge < -0.3 is 28.7 Å². The third-order valence-corrected chi connectivity index (χ3v) is 6.83. The van der Waals surface area contributed by atoms with E-state index in [-0.39, 0.29) is 60.2 Å². The molecule has 2 bridgehead atoms. The van der Waals surface area contributed by atoms with E-state index in [1.165, 1.54) is 12.0 Å². The lowest BCUT2D eigenvalue weighted by molar-refractivity contribution is -0.147. The normalized spacial score (nSPS) is 29.2. The van der Waals surface area contributed by atoms with Crippen LogP contribution >= 0.6 is 0 Å². The SMILES string of the molecule is CO[C@H]1CN(C)C(=O)c2cccc(C#N)c2OC[C@H]2O[C@@H](CC[C@@H]2OC)CCN(C)C(=O)[C@H]1C. The first kappa shape index (κ1) is 25.9. The minimum absolute atomic E-state index is 0.0441. The Balaban J connectivity index is 1.98. The first-order valence-corrected chi connectivity index (χ1v) is 11.7. The number of fused-ring (bicyclic) bond motifs is 3. The Morgan fingerprint density at radius 1 is 1.06 bits per heavy atom. The quantitative estimate of drug-likeness (QED) is 0.648. The van der Waals surface area contributed by atoms with Crippen LogP contribution in [-0.2, 0) is 19.0 Å². The minimum atomic E-state index is -0.488. The van der Waals surface area contributed by atoms with Crippen molar-refractivity contribution >= 4 is 11.8 Å². The number of para-hydroxylation sites is 1. The fraction of sp³-hybridized carbons (Fsp3) is 0.640. The molecule has 2 aliphatic rings. The van der Waals surface area contributed by atoms with Crippen molar-refractivity contribution in [2.75, 3.05) is 48.0 Å². The van der Waals surface area contributed by atoms with E-state index in [2.05, 4.69) is 6.07 Å². The molecule has 0 aliphatic carbocycles. The smallest absolute Gasteiger partial charge is 0.257 e. The zero-order valence-corrected chi connectivity index (χ0v) is 20.7. The van der Waals surface area contributed by atoms with E-state index in [4.69, 9.17) is 18.9 Å². The third kappa shape index (κ3) is 5.69. The van der Waals surface area contributed by atoms with Crippen LogP contribution in [0.15, 0.2) is 18.2 Å². The highest BCUT2D eigenvalue weighted by molar-refractivity contribution is 5.97. The lowest BCUT2D eigenvalue weighted by Gasteiger charge is -2.37. The number of carbonyl (C=O) groups excluding carboxylic acids is 2. The van der Waals surface area contributed by atoms with Crippen molar-refractivity contribution in [1.29, 1.82) is 5.26 Å². The molecule has 9 heteroatoms. The Hall–Kier alpha value is -2.67. The van der Waals surface area contributed by atoms with Crippen molar-refractivity contribution in [1.82, 2.24) is 9.80 Å². The van der Waals surface area contributed by atoms with Crippen molar-refractivity contribution in [3.8, 4) is 11.8 Å². The standard InChI is InChI=1S/C25H35N3O6/c1-16-21(32-5)14-28(3)25(30)19-8-6-7-17(13-26)23(19)33-15-22-20(31-4)10-9-18(34-22)11-12-27(2)24(16)29/h6-8,16,18,20-22H,9-12,14-15H2,1-5H3/t16-,18-,20-,21-,22+/m0/s1. The minimum Gasteiger partial charge on any atom is -0.489 e. The number of rotatable bonds is 2. The topological polar surface area (TPSA) is 101 Å². The summed E-state index contributed by atoms with van der Waals surface area (Å²) < 4.78 is 23.6. The highest BCUT2D eigenvalue weighted by Crippen LogP contribution is 2.29. The molecule has 34 heavy (non-hydrogen) atoms. The fourth-order valence-corrected chi connectivity index (χ4v) is 4.63.